The molecule has 0 spiro atoms. The largest absolute Gasteiger partial charge is 0.473 e. The Balaban J connectivity index is 0.000000567. The van der Waals surface area contributed by atoms with Crippen LogP contribution in [0, 0.1) is 0 Å². The number of amides is 1. The van der Waals surface area contributed by atoms with Crippen molar-refractivity contribution in [3.8, 4) is 0 Å². The summed E-state index contributed by atoms with van der Waals surface area (Å²) < 4.78 is 5.10. The molecule has 5 N–H and O–H groups in total. The van der Waals surface area contributed by atoms with Crippen molar-refractivity contribution in [2.24, 2.45) is 0 Å². The Labute approximate surface area is 122 Å². The van der Waals surface area contributed by atoms with Crippen molar-refractivity contribution in [3.05, 3.63) is 0 Å². The molecule has 1 aliphatic heterocycles. The first-order valence-corrected chi connectivity index (χ1v) is 6.37. The molecule has 0 saturated carbocycles. The van der Waals surface area contributed by atoms with E-state index in [9.17, 15) is 9.90 Å². The van der Waals surface area contributed by atoms with Gasteiger partial charge in [-0.2, -0.15) is 0 Å². The van der Waals surface area contributed by atoms with E-state index in [1.54, 1.807) is 0 Å². The Bertz CT molecular complexity index is 366. The van der Waals surface area contributed by atoms with Gasteiger partial charge in [-0.05, 0) is 33.7 Å². The van der Waals surface area contributed by atoms with Gasteiger partial charge in [-0.25, -0.2) is 14.4 Å². The maximum atomic E-state index is 11.4. The van der Waals surface area contributed by atoms with Crippen LogP contribution in [0.2, 0.25) is 0 Å². The highest BCUT2D eigenvalue weighted by molar-refractivity contribution is 6.27. The predicted octanol–water partition coefficient (Wildman–Crippen LogP) is -0.610. The number of rotatable bonds is 1. The number of carboxylic acid groups (broad SMARTS) is 2. The van der Waals surface area contributed by atoms with Crippen LogP contribution in [-0.4, -0.2) is 64.2 Å². The van der Waals surface area contributed by atoms with E-state index in [1.165, 1.54) is 0 Å². The highest BCUT2D eigenvalue weighted by Crippen LogP contribution is 2.08. The van der Waals surface area contributed by atoms with Crippen molar-refractivity contribution < 1.29 is 34.4 Å². The van der Waals surface area contributed by atoms with Crippen LogP contribution in [-0.2, 0) is 14.3 Å². The van der Waals surface area contributed by atoms with Crippen LogP contribution in [0.15, 0.2) is 0 Å². The minimum Gasteiger partial charge on any atom is -0.473 e. The number of piperidine rings is 1. The van der Waals surface area contributed by atoms with E-state index in [-0.39, 0.29) is 6.04 Å². The molecule has 2 atom stereocenters. The molecule has 1 rings (SSSR count). The minimum absolute atomic E-state index is 0.256. The normalized spacial score (nSPS) is 21.5. The Hall–Kier alpha value is -1.87. The molecule has 9 nitrogen and oxygen atoms in total. The summed E-state index contributed by atoms with van der Waals surface area (Å²) in [4.78, 5) is 29.6. The van der Waals surface area contributed by atoms with Crippen LogP contribution in [0.4, 0.5) is 4.79 Å². The maximum absolute atomic E-state index is 11.4. The lowest BCUT2D eigenvalue weighted by Gasteiger charge is -2.30. The topological polar surface area (TPSA) is 145 Å². The number of hydrogen-bond donors (Lipinski definition) is 5. The molecule has 21 heavy (non-hydrogen) atoms. The first-order valence-electron chi connectivity index (χ1n) is 6.37. The molecule has 0 aromatic heterocycles. The third-order valence-corrected chi connectivity index (χ3v) is 2.33. The van der Waals surface area contributed by atoms with Crippen LogP contribution >= 0.6 is 0 Å². The molecule has 0 radical (unpaired) electrons. The predicted molar refractivity (Wildman–Crippen MR) is 71.9 cm³/mol. The van der Waals surface area contributed by atoms with Crippen LogP contribution in [0.25, 0.3) is 0 Å². The molecule has 0 aromatic rings. The number of carbonyl (C=O) groups excluding carboxylic acids is 1. The van der Waals surface area contributed by atoms with E-state index in [1.807, 2.05) is 20.8 Å². The number of aliphatic hydroxyl groups is 1. The standard InChI is InChI=1S/C10H20N2O3.C2H2O4/c1-10(2,3)15-9(14)12-7-6-11-5-4-8(7)13;3-1(4)2(5)6/h7-8,11,13H,4-6H2,1-3H3,(H,12,14);(H,3,4)(H,5,6)/t7-,8-;/m0./s1. The molecule has 0 aromatic carbocycles. The molecule has 122 valence electrons. The zero-order valence-electron chi connectivity index (χ0n) is 12.3. The number of ether oxygens (including phenoxy) is 1. The third-order valence-electron chi connectivity index (χ3n) is 2.33. The van der Waals surface area contributed by atoms with Crippen LogP contribution in [0.3, 0.4) is 0 Å². The number of carboxylic acids is 2. The van der Waals surface area contributed by atoms with Gasteiger partial charge in [0.05, 0.1) is 12.1 Å². The van der Waals surface area contributed by atoms with E-state index in [0.29, 0.717) is 13.0 Å². The van der Waals surface area contributed by atoms with Crippen LogP contribution in [0.1, 0.15) is 27.2 Å². The molecular weight excluding hydrogens is 284 g/mol. The summed E-state index contributed by atoms with van der Waals surface area (Å²) in [6.45, 7) is 6.79. The first-order chi connectivity index (χ1) is 9.53. The zero-order chi connectivity index (χ0) is 16.6. The Morgan fingerprint density at radius 1 is 1.19 bits per heavy atom. The average Bonchev–Trinajstić information content (AvgIpc) is 2.30. The van der Waals surface area contributed by atoms with Gasteiger partial charge in [0.1, 0.15) is 5.60 Å². The minimum atomic E-state index is -1.82. The third kappa shape index (κ3) is 9.63. The second-order valence-electron chi connectivity index (χ2n) is 5.42. The van der Waals surface area contributed by atoms with Gasteiger partial charge in [0, 0.05) is 6.54 Å². The van der Waals surface area contributed by atoms with E-state index >= 15 is 0 Å². The van der Waals surface area contributed by atoms with Crippen LogP contribution < -0.4 is 10.6 Å². The number of hydrogen-bond acceptors (Lipinski definition) is 6. The average molecular weight is 306 g/mol. The van der Waals surface area contributed by atoms with Gasteiger partial charge >= 0.3 is 18.0 Å². The Morgan fingerprint density at radius 2 is 1.71 bits per heavy atom. The van der Waals surface area contributed by atoms with Gasteiger partial charge in [0.2, 0.25) is 0 Å². The van der Waals surface area contributed by atoms with Gasteiger partial charge in [-0.15, -0.1) is 0 Å². The molecule has 1 aliphatic rings. The van der Waals surface area contributed by atoms with Gasteiger partial charge in [-0.1, -0.05) is 0 Å². The lowest BCUT2D eigenvalue weighted by Crippen LogP contribution is -2.54. The number of aliphatic carboxylic acids is 2. The first kappa shape index (κ1) is 19.1. The molecule has 0 bridgehead atoms. The van der Waals surface area contributed by atoms with Crippen LogP contribution in [0.5, 0.6) is 0 Å². The van der Waals surface area contributed by atoms with E-state index in [2.05, 4.69) is 10.6 Å². The van der Waals surface area contributed by atoms with Crippen molar-refractivity contribution >= 4 is 18.0 Å². The fourth-order valence-electron chi connectivity index (χ4n) is 1.45. The smallest absolute Gasteiger partial charge is 0.414 e. The fraction of sp³-hybridized carbons (Fsp3) is 0.750. The van der Waals surface area contributed by atoms with Crippen molar-refractivity contribution in [3.63, 3.8) is 0 Å². The van der Waals surface area contributed by atoms with E-state index in [0.717, 1.165) is 6.54 Å². The van der Waals surface area contributed by atoms with Crippen molar-refractivity contribution in [2.45, 2.75) is 44.9 Å². The highest BCUT2D eigenvalue weighted by atomic mass is 16.6. The fourth-order valence-corrected chi connectivity index (χ4v) is 1.45. The molecule has 1 fully saturated rings. The maximum Gasteiger partial charge on any atom is 0.414 e. The second kappa shape index (κ2) is 8.42. The van der Waals surface area contributed by atoms with Gasteiger partial charge in [0.15, 0.2) is 0 Å². The molecule has 0 unspecified atom stereocenters. The lowest BCUT2D eigenvalue weighted by atomic mass is 10.0. The Kier molecular flexibility index (Phi) is 7.67. The molecule has 0 aliphatic carbocycles. The number of alkyl carbamates (subject to hydrolysis) is 1. The van der Waals surface area contributed by atoms with Gasteiger partial charge in [-0.3, -0.25) is 0 Å². The molecule has 1 amide bonds. The summed E-state index contributed by atoms with van der Waals surface area (Å²) in [5, 5.41) is 30.1. The highest BCUT2D eigenvalue weighted by Gasteiger charge is 2.26. The van der Waals surface area contributed by atoms with E-state index in [4.69, 9.17) is 24.5 Å². The summed E-state index contributed by atoms with van der Waals surface area (Å²) in [5.74, 6) is -3.65. The summed E-state index contributed by atoms with van der Waals surface area (Å²) in [7, 11) is 0. The second-order valence-corrected chi connectivity index (χ2v) is 5.42. The zero-order valence-corrected chi connectivity index (χ0v) is 12.3. The lowest BCUT2D eigenvalue weighted by molar-refractivity contribution is -0.159. The van der Waals surface area contributed by atoms with Gasteiger partial charge < -0.3 is 30.7 Å². The van der Waals surface area contributed by atoms with E-state index < -0.39 is 29.7 Å². The molecular formula is C12H22N2O7. The van der Waals surface area contributed by atoms with Crippen molar-refractivity contribution in [1.29, 1.82) is 0 Å². The monoisotopic (exact) mass is 306 g/mol. The summed E-state index contributed by atoms with van der Waals surface area (Å²) in [6.07, 6.45) is -0.311. The quantitative estimate of drug-likeness (QED) is 0.403. The SMILES string of the molecule is CC(C)(C)OC(=O)N[C@H]1CNCC[C@@H]1O.O=C(O)C(=O)O. The summed E-state index contributed by atoms with van der Waals surface area (Å²) in [5.41, 5.74) is -0.503. The molecule has 1 saturated heterocycles. The summed E-state index contributed by atoms with van der Waals surface area (Å²) >= 11 is 0. The number of aliphatic hydroxyl groups excluding tert-OH is 1. The summed E-state index contributed by atoms with van der Waals surface area (Å²) in [6, 6.07) is -0.256. The number of carbonyl (C=O) groups is 3. The molecule has 9 heteroatoms. The van der Waals surface area contributed by atoms with Crippen molar-refractivity contribution in [2.75, 3.05) is 13.1 Å². The number of nitrogens with one attached hydrogen (secondary N) is 2. The van der Waals surface area contributed by atoms with Gasteiger partial charge in [0.25, 0.3) is 0 Å². The van der Waals surface area contributed by atoms with Crippen molar-refractivity contribution in [1.82, 2.24) is 10.6 Å². The molecule has 1 heterocycles. The Morgan fingerprint density at radius 3 is 2.10 bits per heavy atom.